The summed E-state index contributed by atoms with van der Waals surface area (Å²) in [7, 11) is 1.39. The summed E-state index contributed by atoms with van der Waals surface area (Å²) in [4.78, 5) is 16.9. The molecule has 1 heterocycles. The number of methoxy groups -OCH3 is 1. The molecule has 0 unspecified atom stereocenters. The maximum atomic E-state index is 12.0. The van der Waals surface area contributed by atoms with E-state index in [2.05, 4.69) is 14.9 Å². The summed E-state index contributed by atoms with van der Waals surface area (Å²) < 4.78 is 4.90. The molecule has 6 heteroatoms. The number of carbonyl (C=O) groups is 1. The van der Waals surface area contributed by atoms with E-state index in [9.17, 15) is 4.79 Å². The smallest absolute Gasteiger partial charge is 0.323 e. The molecule has 2 atom stereocenters. The fourth-order valence-corrected chi connectivity index (χ4v) is 2.72. The summed E-state index contributed by atoms with van der Waals surface area (Å²) in [6, 6.07) is 9.68. The fourth-order valence-electron chi connectivity index (χ4n) is 2.72. The van der Waals surface area contributed by atoms with Gasteiger partial charge in [-0.3, -0.25) is 9.69 Å². The summed E-state index contributed by atoms with van der Waals surface area (Å²) in [5.74, 6) is -0.223. The zero-order valence-electron chi connectivity index (χ0n) is 11.5. The second-order valence-electron chi connectivity index (χ2n) is 4.89. The minimum absolute atomic E-state index is 0.0297. The van der Waals surface area contributed by atoms with E-state index in [0.717, 1.165) is 18.5 Å². The molecule has 1 saturated heterocycles. The first kappa shape index (κ1) is 14.4. The average molecular weight is 274 g/mol. The number of benzene rings is 1. The Morgan fingerprint density at radius 1 is 1.50 bits per heavy atom. The molecular weight excluding hydrogens is 256 g/mol. The summed E-state index contributed by atoms with van der Waals surface area (Å²) in [6.07, 6.45) is 0.839. The molecule has 1 aromatic carbocycles. The lowest BCUT2D eigenvalue weighted by atomic mass is 10.0. The van der Waals surface area contributed by atoms with Crippen molar-refractivity contribution in [2.24, 2.45) is 11.0 Å². The van der Waals surface area contributed by atoms with Crippen LogP contribution >= 0.6 is 0 Å². The molecular formula is C14H18N4O2. The average Bonchev–Trinajstić information content (AvgIpc) is 2.88. The second kappa shape index (κ2) is 6.93. The Kier molecular flexibility index (Phi) is 4.98. The predicted octanol–water partition coefficient (Wildman–Crippen LogP) is 2.36. The highest BCUT2D eigenvalue weighted by Crippen LogP contribution is 2.27. The SMILES string of the molecule is COC(=O)[C@@H]1[C@H](CN=[N+]=[N-])CCN1Cc1ccccc1. The zero-order valence-corrected chi connectivity index (χ0v) is 11.5. The van der Waals surface area contributed by atoms with Gasteiger partial charge in [0.15, 0.2) is 0 Å². The van der Waals surface area contributed by atoms with Crippen LogP contribution in [0.25, 0.3) is 10.4 Å². The Morgan fingerprint density at radius 2 is 2.25 bits per heavy atom. The zero-order chi connectivity index (χ0) is 14.4. The van der Waals surface area contributed by atoms with Crippen LogP contribution < -0.4 is 0 Å². The van der Waals surface area contributed by atoms with Crippen molar-refractivity contribution in [2.75, 3.05) is 20.2 Å². The summed E-state index contributed by atoms with van der Waals surface area (Å²) in [5, 5.41) is 3.61. The van der Waals surface area contributed by atoms with Gasteiger partial charge in [-0.25, -0.2) is 0 Å². The number of carbonyl (C=O) groups excluding carboxylic acids is 1. The normalized spacial score (nSPS) is 22.2. The third-order valence-corrected chi connectivity index (χ3v) is 3.68. The third kappa shape index (κ3) is 3.29. The summed E-state index contributed by atoms with van der Waals surface area (Å²) >= 11 is 0. The van der Waals surface area contributed by atoms with E-state index in [1.807, 2.05) is 30.3 Å². The number of esters is 1. The lowest BCUT2D eigenvalue weighted by molar-refractivity contribution is -0.147. The van der Waals surface area contributed by atoms with E-state index in [1.165, 1.54) is 7.11 Å². The number of hydrogen-bond acceptors (Lipinski definition) is 4. The van der Waals surface area contributed by atoms with Gasteiger partial charge in [0.25, 0.3) is 0 Å². The Balaban J connectivity index is 2.11. The van der Waals surface area contributed by atoms with Crippen molar-refractivity contribution in [3.8, 4) is 0 Å². The molecule has 0 aromatic heterocycles. The van der Waals surface area contributed by atoms with Crippen LogP contribution in [0.1, 0.15) is 12.0 Å². The molecule has 1 aliphatic rings. The molecule has 1 aromatic rings. The largest absolute Gasteiger partial charge is 0.468 e. The van der Waals surface area contributed by atoms with E-state index in [-0.39, 0.29) is 17.9 Å². The van der Waals surface area contributed by atoms with Crippen LogP contribution in [0.3, 0.4) is 0 Å². The number of hydrogen-bond donors (Lipinski definition) is 0. The molecule has 6 nitrogen and oxygen atoms in total. The van der Waals surface area contributed by atoms with E-state index >= 15 is 0 Å². The summed E-state index contributed by atoms with van der Waals surface area (Å²) in [6.45, 7) is 1.84. The molecule has 0 radical (unpaired) electrons. The summed E-state index contributed by atoms with van der Waals surface area (Å²) in [5.41, 5.74) is 9.60. The molecule has 1 aliphatic heterocycles. The molecule has 1 fully saturated rings. The van der Waals surface area contributed by atoms with Gasteiger partial charge in [0.05, 0.1) is 7.11 Å². The van der Waals surface area contributed by atoms with Gasteiger partial charge in [-0.1, -0.05) is 35.4 Å². The molecule has 20 heavy (non-hydrogen) atoms. The lowest BCUT2D eigenvalue weighted by Crippen LogP contribution is -2.40. The van der Waals surface area contributed by atoms with Crippen LogP contribution in [-0.2, 0) is 16.1 Å². The maximum absolute atomic E-state index is 12.0. The van der Waals surface area contributed by atoms with Crippen molar-refractivity contribution in [2.45, 2.75) is 19.0 Å². The Labute approximate surface area is 118 Å². The maximum Gasteiger partial charge on any atom is 0.323 e. The van der Waals surface area contributed by atoms with E-state index < -0.39 is 0 Å². The quantitative estimate of drug-likeness (QED) is 0.358. The number of rotatable bonds is 5. The van der Waals surface area contributed by atoms with E-state index in [1.54, 1.807) is 0 Å². The number of ether oxygens (including phenoxy) is 1. The highest BCUT2D eigenvalue weighted by atomic mass is 16.5. The first-order valence-electron chi connectivity index (χ1n) is 6.63. The molecule has 0 amide bonds. The van der Waals surface area contributed by atoms with Crippen LogP contribution in [0.15, 0.2) is 35.4 Å². The van der Waals surface area contributed by atoms with Crippen LogP contribution in [-0.4, -0.2) is 37.1 Å². The first-order chi connectivity index (χ1) is 9.76. The number of nitrogens with zero attached hydrogens (tertiary/aromatic N) is 4. The first-order valence-corrected chi connectivity index (χ1v) is 6.63. The fraction of sp³-hybridized carbons (Fsp3) is 0.500. The van der Waals surface area contributed by atoms with Crippen molar-refractivity contribution in [3.05, 3.63) is 46.3 Å². The standard InChI is InChI=1S/C14H18N4O2/c1-20-14(19)13-12(9-16-17-15)7-8-18(13)10-11-5-3-2-4-6-11/h2-6,12-13H,7-10H2,1H3/t12-,13-/m0/s1. The van der Waals surface area contributed by atoms with Crippen LogP contribution in [0, 0.1) is 5.92 Å². The minimum Gasteiger partial charge on any atom is -0.468 e. The monoisotopic (exact) mass is 274 g/mol. The number of azide groups is 1. The van der Waals surface area contributed by atoms with E-state index in [0.29, 0.717) is 13.1 Å². The Bertz CT molecular complexity index is 499. The van der Waals surface area contributed by atoms with Gasteiger partial charge < -0.3 is 4.74 Å². The van der Waals surface area contributed by atoms with Crippen molar-refractivity contribution in [1.82, 2.24) is 4.90 Å². The van der Waals surface area contributed by atoms with Gasteiger partial charge in [-0.2, -0.15) is 0 Å². The van der Waals surface area contributed by atoms with Gasteiger partial charge >= 0.3 is 5.97 Å². The molecule has 0 saturated carbocycles. The molecule has 0 N–H and O–H groups in total. The Morgan fingerprint density at radius 3 is 2.90 bits per heavy atom. The molecule has 2 rings (SSSR count). The number of likely N-dealkylation sites (tertiary alicyclic amines) is 1. The van der Waals surface area contributed by atoms with Crippen molar-refractivity contribution in [1.29, 1.82) is 0 Å². The second-order valence-corrected chi connectivity index (χ2v) is 4.89. The molecule has 0 spiro atoms. The van der Waals surface area contributed by atoms with Crippen molar-refractivity contribution in [3.63, 3.8) is 0 Å². The molecule has 0 bridgehead atoms. The topological polar surface area (TPSA) is 78.3 Å². The van der Waals surface area contributed by atoms with Gasteiger partial charge in [0, 0.05) is 18.0 Å². The highest BCUT2D eigenvalue weighted by Gasteiger charge is 2.39. The van der Waals surface area contributed by atoms with Crippen molar-refractivity contribution >= 4 is 5.97 Å². The lowest BCUT2D eigenvalue weighted by Gasteiger charge is -2.25. The van der Waals surface area contributed by atoms with Crippen molar-refractivity contribution < 1.29 is 9.53 Å². The van der Waals surface area contributed by atoms with E-state index in [4.69, 9.17) is 10.3 Å². The predicted molar refractivity (Wildman–Crippen MR) is 74.8 cm³/mol. The molecule has 106 valence electrons. The molecule has 0 aliphatic carbocycles. The van der Waals surface area contributed by atoms with Crippen LogP contribution in [0.2, 0.25) is 0 Å². The van der Waals surface area contributed by atoms with Gasteiger partial charge in [-0.15, -0.1) is 0 Å². The highest BCUT2D eigenvalue weighted by molar-refractivity contribution is 5.76. The van der Waals surface area contributed by atoms with Crippen LogP contribution in [0.5, 0.6) is 0 Å². The minimum atomic E-state index is -0.328. The Hall–Kier alpha value is -2.04. The van der Waals surface area contributed by atoms with Gasteiger partial charge in [0.1, 0.15) is 6.04 Å². The van der Waals surface area contributed by atoms with Crippen LogP contribution in [0.4, 0.5) is 0 Å². The van der Waals surface area contributed by atoms with Gasteiger partial charge in [0.2, 0.25) is 0 Å². The third-order valence-electron chi connectivity index (χ3n) is 3.68. The van der Waals surface area contributed by atoms with Gasteiger partial charge in [-0.05, 0) is 30.0 Å².